The van der Waals surface area contributed by atoms with Crippen LogP contribution in [0.2, 0.25) is 0 Å². The number of aryl methyl sites for hydroxylation is 2. The number of anilines is 1. The number of nitrogens with zero attached hydrogens (tertiary/aromatic N) is 3. The first-order valence-electron chi connectivity index (χ1n) is 9.56. The topological polar surface area (TPSA) is 71.8 Å². The highest BCUT2D eigenvalue weighted by Gasteiger charge is 2.23. The van der Waals surface area contributed by atoms with Crippen LogP contribution < -0.4 is 10.6 Å². The summed E-state index contributed by atoms with van der Waals surface area (Å²) in [4.78, 5) is 21.7. The Labute approximate surface area is 171 Å². The molecular formula is C21H26ClN5O. The van der Waals surface area contributed by atoms with Gasteiger partial charge in [-0.05, 0) is 57.0 Å². The number of fused-ring (bicyclic) bond motifs is 1. The van der Waals surface area contributed by atoms with Gasteiger partial charge in [0.25, 0.3) is 5.91 Å². The maximum absolute atomic E-state index is 12.8. The molecule has 0 radical (unpaired) electrons. The molecule has 1 unspecified atom stereocenters. The minimum atomic E-state index is -0.156. The zero-order chi connectivity index (χ0) is 18.8. The third-order valence-electron chi connectivity index (χ3n) is 5.18. The molecule has 0 aliphatic carbocycles. The predicted molar refractivity (Wildman–Crippen MR) is 114 cm³/mol. The van der Waals surface area contributed by atoms with Crippen LogP contribution in [0.15, 0.2) is 36.5 Å². The number of rotatable bonds is 3. The van der Waals surface area contributed by atoms with Crippen LogP contribution in [0.4, 0.5) is 5.95 Å². The summed E-state index contributed by atoms with van der Waals surface area (Å²) in [6, 6.07) is 9.91. The first-order valence-corrected chi connectivity index (χ1v) is 9.56. The van der Waals surface area contributed by atoms with Crippen LogP contribution in [-0.2, 0) is 0 Å². The minimum absolute atomic E-state index is 0. The van der Waals surface area contributed by atoms with Crippen molar-refractivity contribution < 1.29 is 4.79 Å². The summed E-state index contributed by atoms with van der Waals surface area (Å²) in [5, 5.41) is 6.57. The van der Waals surface area contributed by atoms with Crippen molar-refractivity contribution in [2.75, 3.05) is 18.4 Å². The molecule has 1 aliphatic heterocycles. The molecule has 1 aromatic carbocycles. The van der Waals surface area contributed by atoms with Crippen molar-refractivity contribution in [3.63, 3.8) is 0 Å². The Balaban J connectivity index is 0.00000225. The van der Waals surface area contributed by atoms with Crippen LogP contribution in [0, 0.1) is 13.8 Å². The number of hydrogen-bond donors (Lipinski definition) is 2. The van der Waals surface area contributed by atoms with Crippen molar-refractivity contribution in [2.45, 2.75) is 39.2 Å². The lowest BCUT2D eigenvalue weighted by Gasteiger charge is -2.21. The fourth-order valence-corrected chi connectivity index (χ4v) is 3.85. The molecule has 2 N–H and O–H groups in total. The lowest BCUT2D eigenvalue weighted by molar-refractivity contribution is 0.102. The average Bonchev–Trinajstić information content (AvgIpc) is 2.83. The maximum Gasteiger partial charge on any atom is 0.258 e. The van der Waals surface area contributed by atoms with Gasteiger partial charge < -0.3 is 9.88 Å². The number of pyridine rings is 1. The number of halogens is 1. The fourth-order valence-electron chi connectivity index (χ4n) is 3.85. The molecule has 1 saturated heterocycles. The quantitative estimate of drug-likeness (QED) is 0.697. The number of carbonyl (C=O) groups is 1. The van der Waals surface area contributed by atoms with E-state index in [0.29, 0.717) is 11.5 Å². The first-order chi connectivity index (χ1) is 13.1. The number of aromatic nitrogens is 3. The molecule has 6 nitrogen and oxygen atoms in total. The molecule has 2 aromatic heterocycles. The van der Waals surface area contributed by atoms with E-state index in [2.05, 4.69) is 33.2 Å². The van der Waals surface area contributed by atoms with Gasteiger partial charge in [0.2, 0.25) is 5.95 Å². The number of para-hydroxylation sites is 1. The second-order valence-electron chi connectivity index (χ2n) is 7.24. The van der Waals surface area contributed by atoms with Gasteiger partial charge in [-0.3, -0.25) is 15.1 Å². The molecular weight excluding hydrogens is 374 g/mol. The van der Waals surface area contributed by atoms with E-state index in [9.17, 15) is 4.79 Å². The van der Waals surface area contributed by atoms with Crippen LogP contribution >= 0.6 is 12.4 Å². The van der Waals surface area contributed by atoms with Crippen molar-refractivity contribution >= 4 is 35.3 Å². The highest BCUT2D eigenvalue weighted by Crippen LogP contribution is 2.30. The normalized spacial score (nSPS) is 17.0. The maximum atomic E-state index is 12.8. The molecule has 4 rings (SSSR count). The van der Waals surface area contributed by atoms with E-state index in [1.54, 1.807) is 18.3 Å². The van der Waals surface area contributed by atoms with Gasteiger partial charge in [0, 0.05) is 30.0 Å². The molecule has 0 bridgehead atoms. The fraction of sp³-hybridized carbons (Fsp3) is 0.381. The molecule has 1 fully saturated rings. The summed E-state index contributed by atoms with van der Waals surface area (Å²) in [6.45, 7) is 5.91. The lowest BCUT2D eigenvalue weighted by Crippen LogP contribution is -2.25. The summed E-state index contributed by atoms with van der Waals surface area (Å²) in [7, 11) is 0. The van der Waals surface area contributed by atoms with Gasteiger partial charge in [-0.2, -0.15) is 0 Å². The number of benzene rings is 1. The van der Waals surface area contributed by atoms with Crippen molar-refractivity contribution in [1.82, 2.24) is 19.9 Å². The summed E-state index contributed by atoms with van der Waals surface area (Å²) in [6.07, 6.45) is 5.08. The molecule has 0 saturated carbocycles. The molecule has 1 atom stereocenters. The van der Waals surface area contributed by atoms with Gasteiger partial charge in [0.05, 0.1) is 11.0 Å². The standard InChI is InChI=1S/C21H25N5O.ClH/c1-14-6-5-8-18-19(14)26(17-7-3-4-10-22-13-17)21(24-18)25-20(27)16-9-11-23-15(2)12-16;/h5-6,8-9,11-12,17,22H,3-4,7,10,13H2,1-2H3,(H,24,25,27);1H. The Hall–Kier alpha value is -2.44. The third-order valence-corrected chi connectivity index (χ3v) is 5.18. The predicted octanol–water partition coefficient (Wildman–Crippen LogP) is 4.04. The monoisotopic (exact) mass is 399 g/mol. The van der Waals surface area contributed by atoms with Crippen LogP contribution in [0.3, 0.4) is 0 Å². The largest absolute Gasteiger partial charge is 0.315 e. The van der Waals surface area contributed by atoms with Gasteiger partial charge in [0.1, 0.15) is 0 Å². The highest BCUT2D eigenvalue weighted by atomic mass is 35.5. The van der Waals surface area contributed by atoms with Crippen LogP contribution in [0.5, 0.6) is 0 Å². The van der Waals surface area contributed by atoms with Crippen molar-refractivity contribution in [1.29, 1.82) is 0 Å². The van der Waals surface area contributed by atoms with E-state index in [1.165, 1.54) is 18.4 Å². The van der Waals surface area contributed by atoms with Crippen molar-refractivity contribution in [3.8, 4) is 0 Å². The first kappa shape index (κ1) is 20.3. The molecule has 3 aromatic rings. The number of hydrogen-bond acceptors (Lipinski definition) is 4. The summed E-state index contributed by atoms with van der Waals surface area (Å²) in [5.41, 5.74) is 4.61. The Morgan fingerprint density at radius 3 is 2.93 bits per heavy atom. The lowest BCUT2D eigenvalue weighted by atomic mass is 10.1. The Morgan fingerprint density at radius 1 is 1.25 bits per heavy atom. The number of amides is 1. The third kappa shape index (κ3) is 4.03. The van der Waals surface area contributed by atoms with E-state index in [4.69, 9.17) is 4.98 Å². The molecule has 1 aliphatic rings. The summed E-state index contributed by atoms with van der Waals surface area (Å²) < 4.78 is 2.22. The molecule has 7 heteroatoms. The zero-order valence-electron chi connectivity index (χ0n) is 16.2. The molecule has 148 valence electrons. The molecule has 1 amide bonds. The Kier molecular flexibility index (Phi) is 6.31. The smallest absolute Gasteiger partial charge is 0.258 e. The van der Waals surface area contributed by atoms with E-state index in [0.717, 1.165) is 36.2 Å². The van der Waals surface area contributed by atoms with Gasteiger partial charge >= 0.3 is 0 Å². The second-order valence-corrected chi connectivity index (χ2v) is 7.24. The van der Waals surface area contributed by atoms with Crippen LogP contribution in [0.1, 0.15) is 46.9 Å². The highest BCUT2D eigenvalue weighted by molar-refractivity contribution is 6.04. The molecule has 3 heterocycles. The number of carbonyl (C=O) groups excluding carboxylic acids is 1. The summed E-state index contributed by atoms with van der Waals surface area (Å²) >= 11 is 0. The average molecular weight is 400 g/mol. The number of nitrogens with one attached hydrogen (secondary N) is 2. The van der Waals surface area contributed by atoms with E-state index in [1.807, 2.05) is 19.1 Å². The zero-order valence-corrected chi connectivity index (χ0v) is 17.1. The van der Waals surface area contributed by atoms with E-state index < -0.39 is 0 Å². The Bertz CT molecular complexity index is 976. The molecule has 28 heavy (non-hydrogen) atoms. The van der Waals surface area contributed by atoms with Crippen LogP contribution in [0.25, 0.3) is 11.0 Å². The van der Waals surface area contributed by atoms with Crippen LogP contribution in [-0.4, -0.2) is 33.5 Å². The SMILES string of the molecule is Cc1cc(C(=O)Nc2nc3cccc(C)c3n2C2CCCCNC2)ccn1.Cl. The summed E-state index contributed by atoms with van der Waals surface area (Å²) in [5.74, 6) is 0.462. The molecule has 0 spiro atoms. The van der Waals surface area contributed by atoms with E-state index >= 15 is 0 Å². The van der Waals surface area contributed by atoms with E-state index in [-0.39, 0.29) is 24.4 Å². The van der Waals surface area contributed by atoms with Crippen molar-refractivity contribution in [2.24, 2.45) is 0 Å². The van der Waals surface area contributed by atoms with Gasteiger partial charge in [-0.15, -0.1) is 12.4 Å². The minimum Gasteiger partial charge on any atom is -0.315 e. The van der Waals surface area contributed by atoms with Gasteiger partial charge in [-0.1, -0.05) is 18.6 Å². The van der Waals surface area contributed by atoms with Crippen molar-refractivity contribution in [3.05, 3.63) is 53.3 Å². The van der Waals surface area contributed by atoms with Gasteiger partial charge in [-0.25, -0.2) is 4.98 Å². The second kappa shape index (κ2) is 8.71. The number of imidazole rings is 1. The Morgan fingerprint density at radius 2 is 2.11 bits per heavy atom. The van der Waals surface area contributed by atoms with Gasteiger partial charge in [0.15, 0.2) is 0 Å².